The van der Waals surface area contributed by atoms with E-state index in [1.807, 2.05) is 0 Å². The predicted molar refractivity (Wildman–Crippen MR) is 81.6 cm³/mol. The largest absolute Gasteiger partial charge is 0.249 e. The van der Waals surface area contributed by atoms with Crippen molar-refractivity contribution in [3.05, 3.63) is 35.7 Å². The van der Waals surface area contributed by atoms with Crippen molar-refractivity contribution in [2.75, 3.05) is 0 Å². The molecule has 1 unspecified atom stereocenters. The highest BCUT2D eigenvalue weighted by molar-refractivity contribution is 5.55. The standard InChI is InChI=1S/C17H23N3/c1-12-5-10-15-18-16(19-20(15)11-12)13-6-8-14(9-7-13)17(2,3)4/h6-9,12H,5,10-11H2,1-4H3. The molecule has 3 nitrogen and oxygen atoms in total. The van der Waals surface area contributed by atoms with Crippen LogP contribution in [0.2, 0.25) is 0 Å². The molecule has 1 aliphatic rings. The first-order valence-electron chi connectivity index (χ1n) is 7.48. The van der Waals surface area contributed by atoms with Crippen molar-refractivity contribution in [2.24, 2.45) is 5.92 Å². The highest BCUT2D eigenvalue weighted by Gasteiger charge is 2.19. The van der Waals surface area contributed by atoms with Crippen LogP contribution < -0.4 is 0 Å². The van der Waals surface area contributed by atoms with Gasteiger partial charge in [-0.2, -0.15) is 5.10 Å². The van der Waals surface area contributed by atoms with Gasteiger partial charge in [0.15, 0.2) is 5.82 Å². The molecule has 106 valence electrons. The molecule has 1 aromatic carbocycles. The quantitative estimate of drug-likeness (QED) is 0.788. The second-order valence-electron chi connectivity index (χ2n) is 7.00. The SMILES string of the molecule is CC1CCc2nc(-c3ccc(C(C)(C)C)cc3)nn2C1. The third-order valence-electron chi connectivity index (χ3n) is 4.10. The van der Waals surface area contributed by atoms with Gasteiger partial charge in [0.1, 0.15) is 5.82 Å². The summed E-state index contributed by atoms with van der Waals surface area (Å²) < 4.78 is 2.08. The van der Waals surface area contributed by atoms with Crippen LogP contribution in [-0.2, 0) is 18.4 Å². The van der Waals surface area contributed by atoms with Gasteiger partial charge in [0.2, 0.25) is 0 Å². The van der Waals surface area contributed by atoms with E-state index in [4.69, 9.17) is 4.98 Å². The van der Waals surface area contributed by atoms with E-state index in [1.54, 1.807) is 0 Å². The van der Waals surface area contributed by atoms with Crippen molar-refractivity contribution in [1.82, 2.24) is 14.8 Å². The van der Waals surface area contributed by atoms with Crippen LogP contribution in [0.15, 0.2) is 24.3 Å². The lowest BCUT2D eigenvalue weighted by molar-refractivity contribution is 0.368. The van der Waals surface area contributed by atoms with Crippen LogP contribution in [0, 0.1) is 5.92 Å². The number of aryl methyl sites for hydroxylation is 1. The van der Waals surface area contributed by atoms with Gasteiger partial charge >= 0.3 is 0 Å². The van der Waals surface area contributed by atoms with Gasteiger partial charge in [0.25, 0.3) is 0 Å². The molecule has 0 saturated heterocycles. The van der Waals surface area contributed by atoms with E-state index < -0.39 is 0 Å². The number of benzene rings is 1. The normalized spacial score (nSPS) is 18.9. The van der Waals surface area contributed by atoms with Crippen LogP contribution in [0.4, 0.5) is 0 Å². The Balaban J connectivity index is 1.90. The molecular weight excluding hydrogens is 246 g/mol. The summed E-state index contributed by atoms with van der Waals surface area (Å²) >= 11 is 0. The molecule has 0 spiro atoms. The lowest BCUT2D eigenvalue weighted by Gasteiger charge is -2.18. The summed E-state index contributed by atoms with van der Waals surface area (Å²) in [6.45, 7) is 9.98. The van der Waals surface area contributed by atoms with Crippen LogP contribution in [0.25, 0.3) is 11.4 Å². The van der Waals surface area contributed by atoms with Crippen molar-refractivity contribution < 1.29 is 0 Å². The molecule has 1 aromatic heterocycles. The molecule has 0 aliphatic carbocycles. The zero-order valence-electron chi connectivity index (χ0n) is 12.8. The highest BCUT2D eigenvalue weighted by atomic mass is 15.4. The van der Waals surface area contributed by atoms with Crippen LogP contribution in [-0.4, -0.2) is 14.8 Å². The van der Waals surface area contributed by atoms with Crippen molar-refractivity contribution in [1.29, 1.82) is 0 Å². The molecule has 3 rings (SSSR count). The van der Waals surface area contributed by atoms with Crippen LogP contribution >= 0.6 is 0 Å². The summed E-state index contributed by atoms with van der Waals surface area (Å²) in [6, 6.07) is 8.67. The Bertz CT molecular complexity index is 602. The minimum Gasteiger partial charge on any atom is -0.249 e. The molecule has 2 aromatic rings. The van der Waals surface area contributed by atoms with Crippen molar-refractivity contribution in [2.45, 2.75) is 52.5 Å². The molecule has 1 aliphatic heterocycles. The molecule has 0 N–H and O–H groups in total. The Morgan fingerprint density at radius 3 is 2.50 bits per heavy atom. The maximum Gasteiger partial charge on any atom is 0.181 e. The summed E-state index contributed by atoms with van der Waals surface area (Å²) in [6.07, 6.45) is 2.27. The van der Waals surface area contributed by atoms with Gasteiger partial charge in [0, 0.05) is 18.5 Å². The third-order valence-corrected chi connectivity index (χ3v) is 4.10. The molecule has 0 radical (unpaired) electrons. The average Bonchev–Trinajstić information content (AvgIpc) is 2.80. The van der Waals surface area contributed by atoms with Gasteiger partial charge in [-0.25, -0.2) is 9.67 Å². The summed E-state index contributed by atoms with van der Waals surface area (Å²) in [5.41, 5.74) is 2.65. The Hall–Kier alpha value is -1.64. The van der Waals surface area contributed by atoms with Gasteiger partial charge in [-0.3, -0.25) is 0 Å². The van der Waals surface area contributed by atoms with Crippen molar-refractivity contribution >= 4 is 0 Å². The van der Waals surface area contributed by atoms with E-state index in [1.165, 1.54) is 12.0 Å². The molecule has 0 saturated carbocycles. The Kier molecular flexibility index (Phi) is 3.15. The third kappa shape index (κ3) is 2.49. The summed E-state index contributed by atoms with van der Waals surface area (Å²) in [5.74, 6) is 2.72. The maximum absolute atomic E-state index is 4.70. The number of hydrogen-bond acceptors (Lipinski definition) is 2. The van der Waals surface area contributed by atoms with E-state index in [0.29, 0.717) is 5.92 Å². The number of rotatable bonds is 1. The Morgan fingerprint density at radius 2 is 1.85 bits per heavy atom. The van der Waals surface area contributed by atoms with E-state index >= 15 is 0 Å². The van der Waals surface area contributed by atoms with Gasteiger partial charge in [-0.05, 0) is 23.3 Å². The lowest BCUT2D eigenvalue weighted by atomic mass is 9.87. The molecular formula is C17H23N3. The van der Waals surface area contributed by atoms with Crippen LogP contribution in [0.5, 0.6) is 0 Å². The summed E-state index contributed by atoms with van der Waals surface area (Å²) in [5, 5.41) is 4.67. The minimum atomic E-state index is 0.189. The van der Waals surface area contributed by atoms with Crippen molar-refractivity contribution in [3.63, 3.8) is 0 Å². The fraction of sp³-hybridized carbons (Fsp3) is 0.529. The van der Waals surface area contributed by atoms with Crippen molar-refractivity contribution in [3.8, 4) is 11.4 Å². The fourth-order valence-corrected chi connectivity index (χ4v) is 2.71. The van der Waals surface area contributed by atoms with E-state index in [0.717, 1.165) is 30.2 Å². The minimum absolute atomic E-state index is 0.189. The molecule has 1 atom stereocenters. The maximum atomic E-state index is 4.70. The molecule has 20 heavy (non-hydrogen) atoms. The molecule has 0 amide bonds. The first-order valence-corrected chi connectivity index (χ1v) is 7.48. The molecule has 0 fully saturated rings. The summed E-state index contributed by atoms with van der Waals surface area (Å²) in [4.78, 5) is 4.70. The Morgan fingerprint density at radius 1 is 1.15 bits per heavy atom. The van der Waals surface area contributed by atoms with Gasteiger partial charge < -0.3 is 0 Å². The number of fused-ring (bicyclic) bond motifs is 1. The first kappa shape index (κ1) is 13.3. The number of nitrogens with zero attached hydrogens (tertiary/aromatic N) is 3. The zero-order valence-corrected chi connectivity index (χ0v) is 12.8. The fourth-order valence-electron chi connectivity index (χ4n) is 2.71. The molecule has 3 heteroatoms. The number of hydrogen-bond donors (Lipinski definition) is 0. The van der Waals surface area contributed by atoms with E-state index in [-0.39, 0.29) is 5.41 Å². The first-order chi connectivity index (χ1) is 9.43. The zero-order chi connectivity index (χ0) is 14.3. The predicted octanol–water partition coefficient (Wildman–Crippen LogP) is 3.82. The lowest BCUT2D eigenvalue weighted by Crippen LogP contribution is -2.18. The molecule has 2 heterocycles. The number of aromatic nitrogens is 3. The monoisotopic (exact) mass is 269 g/mol. The van der Waals surface area contributed by atoms with Crippen LogP contribution in [0.3, 0.4) is 0 Å². The average molecular weight is 269 g/mol. The smallest absolute Gasteiger partial charge is 0.181 e. The highest BCUT2D eigenvalue weighted by Crippen LogP contribution is 2.26. The topological polar surface area (TPSA) is 30.7 Å². The second kappa shape index (κ2) is 4.72. The van der Waals surface area contributed by atoms with E-state index in [2.05, 4.69) is 61.7 Å². The molecule has 0 bridgehead atoms. The van der Waals surface area contributed by atoms with Crippen LogP contribution in [0.1, 0.15) is 45.5 Å². The van der Waals surface area contributed by atoms with Gasteiger partial charge in [-0.15, -0.1) is 0 Å². The Labute approximate surface area is 121 Å². The second-order valence-corrected chi connectivity index (χ2v) is 7.00. The van der Waals surface area contributed by atoms with Gasteiger partial charge in [0.05, 0.1) is 0 Å². The van der Waals surface area contributed by atoms with E-state index in [9.17, 15) is 0 Å². The summed E-state index contributed by atoms with van der Waals surface area (Å²) in [7, 11) is 0. The van der Waals surface area contributed by atoms with Gasteiger partial charge in [-0.1, -0.05) is 52.0 Å².